The molecule has 0 saturated carbocycles. The number of anilines is 2. The van der Waals surface area contributed by atoms with Crippen LogP contribution in [0.3, 0.4) is 0 Å². The molecule has 188 valence electrons. The van der Waals surface area contributed by atoms with Crippen LogP contribution in [0.1, 0.15) is 39.5 Å². The van der Waals surface area contributed by atoms with Crippen LogP contribution < -0.4 is 26.4 Å². The first-order chi connectivity index (χ1) is 17.8. The standard InChI is InChI=1S/C27H25N5O5/c1-4-32-14-19(26(34)35)23(33)22-17(12-18-13-30-27(29)31-25(18)28)10-15(11-20(22)32)8-9-16-6-5-7-21(36-2)24(16)37-3/h5-7,10-11,13-14H,4,12H2,1-3H3,(H,34,35)(H4,28,29,30,31). The number of rotatable bonds is 6. The highest BCUT2D eigenvalue weighted by molar-refractivity contribution is 5.94. The lowest BCUT2D eigenvalue weighted by Gasteiger charge is -2.15. The number of aryl methyl sites for hydroxylation is 1. The fraction of sp³-hybridized carbons (Fsp3) is 0.185. The lowest BCUT2D eigenvalue weighted by atomic mass is 9.97. The van der Waals surface area contributed by atoms with E-state index in [9.17, 15) is 14.7 Å². The number of para-hydroxylation sites is 1. The maximum atomic E-state index is 13.3. The smallest absolute Gasteiger partial charge is 0.341 e. The Labute approximate surface area is 212 Å². The predicted octanol–water partition coefficient (Wildman–Crippen LogP) is 2.68. The van der Waals surface area contributed by atoms with Crippen LogP contribution in [-0.2, 0) is 13.0 Å². The summed E-state index contributed by atoms with van der Waals surface area (Å²) < 4.78 is 12.5. The lowest BCUT2D eigenvalue weighted by Crippen LogP contribution is -2.20. The molecule has 4 rings (SSSR count). The van der Waals surface area contributed by atoms with Crippen molar-refractivity contribution >= 4 is 28.6 Å². The molecule has 37 heavy (non-hydrogen) atoms. The third-order valence-corrected chi connectivity index (χ3v) is 5.88. The van der Waals surface area contributed by atoms with Crippen molar-refractivity contribution in [3.63, 3.8) is 0 Å². The van der Waals surface area contributed by atoms with Gasteiger partial charge in [-0.05, 0) is 36.8 Å². The number of nitrogens with zero attached hydrogens (tertiary/aromatic N) is 3. The van der Waals surface area contributed by atoms with Gasteiger partial charge in [-0.1, -0.05) is 17.9 Å². The van der Waals surface area contributed by atoms with Crippen LogP contribution in [0.4, 0.5) is 11.8 Å². The zero-order valence-electron chi connectivity index (χ0n) is 20.5. The van der Waals surface area contributed by atoms with Crippen molar-refractivity contribution in [1.29, 1.82) is 0 Å². The second-order valence-electron chi connectivity index (χ2n) is 8.10. The van der Waals surface area contributed by atoms with Crippen molar-refractivity contribution in [2.24, 2.45) is 0 Å². The van der Waals surface area contributed by atoms with Gasteiger partial charge in [-0.3, -0.25) is 4.79 Å². The molecule has 0 fully saturated rings. The number of benzene rings is 2. The molecular weight excluding hydrogens is 474 g/mol. The molecule has 5 N–H and O–H groups in total. The van der Waals surface area contributed by atoms with Crippen LogP contribution in [0.15, 0.2) is 47.5 Å². The van der Waals surface area contributed by atoms with E-state index in [0.717, 1.165) is 0 Å². The molecule has 0 saturated heterocycles. The van der Waals surface area contributed by atoms with Crippen molar-refractivity contribution in [2.75, 3.05) is 25.7 Å². The van der Waals surface area contributed by atoms with Crippen molar-refractivity contribution in [1.82, 2.24) is 14.5 Å². The largest absolute Gasteiger partial charge is 0.493 e. The van der Waals surface area contributed by atoms with E-state index in [1.54, 1.807) is 29.9 Å². The van der Waals surface area contributed by atoms with Gasteiger partial charge >= 0.3 is 5.97 Å². The number of nitrogens with two attached hydrogens (primary N) is 2. The number of carboxylic acids is 1. The summed E-state index contributed by atoms with van der Waals surface area (Å²) in [6, 6.07) is 8.90. The minimum Gasteiger partial charge on any atom is -0.493 e. The lowest BCUT2D eigenvalue weighted by molar-refractivity contribution is 0.0695. The molecule has 0 amide bonds. The minimum atomic E-state index is -1.30. The van der Waals surface area contributed by atoms with Crippen LogP contribution in [-0.4, -0.2) is 39.8 Å². The van der Waals surface area contributed by atoms with Gasteiger partial charge in [0.1, 0.15) is 11.4 Å². The molecule has 0 aliphatic rings. The monoisotopic (exact) mass is 499 g/mol. The van der Waals surface area contributed by atoms with E-state index in [4.69, 9.17) is 20.9 Å². The minimum absolute atomic E-state index is 0.0273. The average molecular weight is 500 g/mol. The van der Waals surface area contributed by atoms with Gasteiger partial charge in [-0.25, -0.2) is 9.78 Å². The molecular formula is C27H25N5O5. The number of carbonyl (C=O) groups is 1. The van der Waals surface area contributed by atoms with Crippen LogP contribution in [0, 0.1) is 11.8 Å². The SMILES string of the molecule is CCn1cc(C(=O)O)c(=O)c2c(Cc3cnc(N)nc3N)cc(C#Cc3cccc(OC)c3OC)cc21. The maximum absolute atomic E-state index is 13.3. The quantitative estimate of drug-likeness (QED) is 0.339. The second-order valence-corrected chi connectivity index (χ2v) is 8.10. The molecule has 2 aromatic heterocycles. The van der Waals surface area contributed by atoms with Gasteiger partial charge in [0.05, 0.1) is 30.7 Å². The molecule has 2 aromatic carbocycles. The fourth-order valence-corrected chi connectivity index (χ4v) is 4.12. The van der Waals surface area contributed by atoms with Crippen molar-refractivity contribution < 1.29 is 19.4 Å². The molecule has 0 atom stereocenters. The van der Waals surface area contributed by atoms with Crippen LogP contribution in [0.2, 0.25) is 0 Å². The topological polar surface area (TPSA) is 156 Å². The number of hydrogen-bond acceptors (Lipinski definition) is 8. The number of aromatic nitrogens is 3. The van der Waals surface area contributed by atoms with Gasteiger partial charge in [-0.15, -0.1) is 0 Å². The van der Waals surface area contributed by atoms with Crippen molar-refractivity contribution in [2.45, 2.75) is 19.9 Å². The normalized spacial score (nSPS) is 10.6. The summed E-state index contributed by atoms with van der Waals surface area (Å²) in [7, 11) is 3.09. The number of aromatic carboxylic acids is 1. The first kappa shape index (κ1) is 25.1. The molecule has 0 aliphatic carbocycles. The fourth-order valence-electron chi connectivity index (χ4n) is 4.12. The van der Waals surface area contributed by atoms with E-state index >= 15 is 0 Å². The Kier molecular flexibility index (Phi) is 6.97. The second kappa shape index (κ2) is 10.3. The van der Waals surface area contributed by atoms with E-state index in [1.165, 1.54) is 19.5 Å². The van der Waals surface area contributed by atoms with Crippen molar-refractivity contribution in [3.8, 4) is 23.3 Å². The Morgan fingerprint density at radius 1 is 1.14 bits per heavy atom. The Hall–Kier alpha value is -5.04. The highest BCUT2D eigenvalue weighted by atomic mass is 16.5. The van der Waals surface area contributed by atoms with Gasteiger partial charge in [0, 0.05) is 36.5 Å². The van der Waals surface area contributed by atoms with E-state index in [2.05, 4.69) is 21.8 Å². The van der Waals surface area contributed by atoms with Gasteiger partial charge in [0.2, 0.25) is 11.4 Å². The average Bonchev–Trinajstić information content (AvgIpc) is 2.88. The summed E-state index contributed by atoms with van der Waals surface area (Å²) in [5.41, 5.74) is 13.6. The summed E-state index contributed by atoms with van der Waals surface area (Å²) >= 11 is 0. The van der Waals surface area contributed by atoms with Gasteiger partial charge in [0.15, 0.2) is 11.5 Å². The summed E-state index contributed by atoms with van der Waals surface area (Å²) in [6.45, 7) is 2.30. The van der Waals surface area contributed by atoms with E-state index in [0.29, 0.717) is 45.8 Å². The summed E-state index contributed by atoms with van der Waals surface area (Å²) in [4.78, 5) is 33.1. The molecule has 4 aromatic rings. The zero-order valence-corrected chi connectivity index (χ0v) is 20.5. The molecule has 10 nitrogen and oxygen atoms in total. The summed E-state index contributed by atoms with van der Waals surface area (Å²) in [5, 5.41) is 9.91. The van der Waals surface area contributed by atoms with Crippen LogP contribution in [0.25, 0.3) is 10.9 Å². The van der Waals surface area contributed by atoms with Crippen molar-refractivity contribution in [3.05, 3.63) is 80.8 Å². The number of methoxy groups -OCH3 is 2. The molecule has 0 spiro atoms. The number of hydrogen-bond donors (Lipinski definition) is 3. The Morgan fingerprint density at radius 3 is 2.57 bits per heavy atom. The number of fused-ring (bicyclic) bond motifs is 1. The first-order valence-electron chi connectivity index (χ1n) is 11.3. The highest BCUT2D eigenvalue weighted by Crippen LogP contribution is 2.30. The molecule has 0 radical (unpaired) electrons. The molecule has 0 bridgehead atoms. The Bertz CT molecular complexity index is 1650. The van der Waals surface area contributed by atoms with Crippen LogP contribution >= 0.6 is 0 Å². The van der Waals surface area contributed by atoms with Gasteiger partial charge in [-0.2, -0.15) is 4.98 Å². The van der Waals surface area contributed by atoms with E-state index in [-0.39, 0.29) is 29.1 Å². The Balaban J connectivity index is 1.98. The van der Waals surface area contributed by atoms with E-state index in [1.807, 2.05) is 19.1 Å². The zero-order chi connectivity index (χ0) is 26.7. The third-order valence-electron chi connectivity index (χ3n) is 5.88. The first-order valence-corrected chi connectivity index (χ1v) is 11.3. The summed E-state index contributed by atoms with van der Waals surface area (Å²) in [5.74, 6) is 6.19. The highest BCUT2D eigenvalue weighted by Gasteiger charge is 2.19. The molecule has 0 aliphatic heterocycles. The number of ether oxygens (including phenoxy) is 2. The molecule has 10 heteroatoms. The predicted molar refractivity (Wildman–Crippen MR) is 140 cm³/mol. The van der Waals surface area contributed by atoms with Gasteiger partial charge in [0.25, 0.3) is 0 Å². The Morgan fingerprint density at radius 2 is 1.92 bits per heavy atom. The third kappa shape index (κ3) is 4.88. The van der Waals surface area contributed by atoms with Crippen LogP contribution in [0.5, 0.6) is 11.5 Å². The molecule has 0 unspecified atom stereocenters. The van der Waals surface area contributed by atoms with E-state index < -0.39 is 11.4 Å². The number of nitrogen functional groups attached to an aromatic ring is 2. The number of pyridine rings is 1. The maximum Gasteiger partial charge on any atom is 0.341 e. The van der Waals surface area contributed by atoms with Gasteiger partial charge < -0.3 is 30.6 Å². The number of carboxylic acid groups (broad SMARTS) is 1. The molecule has 2 heterocycles. The summed E-state index contributed by atoms with van der Waals surface area (Å²) in [6.07, 6.45) is 3.00.